The van der Waals surface area contributed by atoms with Gasteiger partial charge in [-0.1, -0.05) is 63.2 Å². The fourth-order valence-corrected chi connectivity index (χ4v) is 2.26. The lowest BCUT2D eigenvalue weighted by atomic mass is 9.87. The molecule has 0 radical (unpaired) electrons. The van der Waals surface area contributed by atoms with Crippen molar-refractivity contribution in [3.63, 3.8) is 0 Å². The predicted octanol–water partition coefficient (Wildman–Crippen LogP) is 5.50. The summed E-state index contributed by atoms with van der Waals surface area (Å²) < 4.78 is 0. The van der Waals surface area contributed by atoms with E-state index in [1.165, 1.54) is 11.1 Å². The largest absolute Gasteiger partial charge is 0.289 e. The molecule has 0 N–H and O–H groups in total. The third-order valence-corrected chi connectivity index (χ3v) is 4.00. The number of rotatable bonds is 3. The highest BCUT2D eigenvalue weighted by atomic mass is 16.1. The maximum atomic E-state index is 12.2. The van der Waals surface area contributed by atoms with Gasteiger partial charge < -0.3 is 0 Å². The Morgan fingerprint density at radius 3 is 2.09 bits per heavy atom. The van der Waals surface area contributed by atoms with E-state index in [0.29, 0.717) is 0 Å². The summed E-state index contributed by atoms with van der Waals surface area (Å²) in [5, 5.41) is 0. The van der Waals surface area contributed by atoms with E-state index >= 15 is 0 Å². The Kier molecular flexibility index (Phi) is 4.65. The Morgan fingerprint density at radius 1 is 0.909 bits per heavy atom. The van der Waals surface area contributed by atoms with Gasteiger partial charge in [-0.25, -0.2) is 0 Å². The maximum Gasteiger partial charge on any atom is 0.185 e. The van der Waals surface area contributed by atoms with E-state index in [0.717, 1.165) is 16.7 Å². The molecule has 2 aromatic rings. The van der Waals surface area contributed by atoms with Gasteiger partial charge in [0, 0.05) is 5.56 Å². The molecule has 0 unspecified atom stereocenters. The summed E-state index contributed by atoms with van der Waals surface area (Å²) in [6.07, 6.45) is 3.53. The standard InChI is InChI=1S/C21H24O/c1-15-6-10-18(14-16(15)2)20(22)13-9-17-7-11-19(12-8-17)21(3,4)5/h6-14H,1-5H3. The lowest BCUT2D eigenvalue weighted by Crippen LogP contribution is -2.10. The molecule has 114 valence electrons. The number of allylic oxidation sites excluding steroid dienone is 1. The van der Waals surface area contributed by atoms with Crippen LogP contribution in [0.15, 0.2) is 48.5 Å². The molecule has 0 spiro atoms. The molecular formula is C21H24O. The first kappa shape index (κ1) is 16.2. The van der Waals surface area contributed by atoms with Crippen molar-refractivity contribution < 1.29 is 4.79 Å². The van der Waals surface area contributed by atoms with E-state index in [2.05, 4.69) is 52.0 Å². The quantitative estimate of drug-likeness (QED) is 0.539. The van der Waals surface area contributed by atoms with Crippen LogP contribution in [0.3, 0.4) is 0 Å². The summed E-state index contributed by atoms with van der Waals surface area (Å²) in [6, 6.07) is 14.2. The third kappa shape index (κ3) is 3.94. The molecule has 0 amide bonds. The van der Waals surface area contributed by atoms with Gasteiger partial charge in [0.2, 0.25) is 0 Å². The number of benzene rings is 2. The molecule has 0 bridgehead atoms. The predicted molar refractivity (Wildman–Crippen MR) is 94.4 cm³/mol. The van der Waals surface area contributed by atoms with Crippen LogP contribution in [-0.4, -0.2) is 5.78 Å². The minimum atomic E-state index is 0.0444. The van der Waals surface area contributed by atoms with Gasteiger partial charge in [-0.15, -0.1) is 0 Å². The van der Waals surface area contributed by atoms with E-state index in [4.69, 9.17) is 0 Å². The Hall–Kier alpha value is -2.15. The molecule has 22 heavy (non-hydrogen) atoms. The molecule has 2 aromatic carbocycles. The molecule has 0 atom stereocenters. The van der Waals surface area contributed by atoms with Crippen LogP contribution >= 0.6 is 0 Å². The molecule has 0 heterocycles. The van der Waals surface area contributed by atoms with Crippen molar-refractivity contribution in [3.05, 3.63) is 76.4 Å². The van der Waals surface area contributed by atoms with Crippen molar-refractivity contribution in [2.45, 2.75) is 40.0 Å². The second-order valence-electron chi connectivity index (χ2n) is 6.87. The number of aryl methyl sites for hydroxylation is 2. The number of carbonyl (C=O) groups excluding carboxylic acids is 1. The summed E-state index contributed by atoms with van der Waals surface area (Å²) in [6.45, 7) is 10.7. The molecular weight excluding hydrogens is 268 g/mol. The van der Waals surface area contributed by atoms with Crippen molar-refractivity contribution in [1.82, 2.24) is 0 Å². The van der Waals surface area contributed by atoms with E-state index in [9.17, 15) is 4.79 Å². The number of ketones is 1. The molecule has 0 aliphatic rings. The zero-order valence-corrected chi connectivity index (χ0v) is 14.1. The highest BCUT2D eigenvalue weighted by molar-refractivity contribution is 6.06. The topological polar surface area (TPSA) is 17.1 Å². The van der Waals surface area contributed by atoms with Gasteiger partial charge in [-0.3, -0.25) is 4.79 Å². The highest BCUT2D eigenvalue weighted by Gasteiger charge is 2.12. The fourth-order valence-electron chi connectivity index (χ4n) is 2.26. The second kappa shape index (κ2) is 6.31. The number of hydrogen-bond acceptors (Lipinski definition) is 1. The van der Waals surface area contributed by atoms with Crippen LogP contribution in [-0.2, 0) is 5.41 Å². The average molecular weight is 292 g/mol. The van der Waals surface area contributed by atoms with Crippen LogP contribution < -0.4 is 0 Å². The summed E-state index contributed by atoms with van der Waals surface area (Å²) in [5.74, 6) is 0.0444. The van der Waals surface area contributed by atoms with Gasteiger partial charge in [0.15, 0.2) is 5.78 Å². The van der Waals surface area contributed by atoms with E-state index in [-0.39, 0.29) is 11.2 Å². The molecule has 0 aliphatic carbocycles. The zero-order valence-electron chi connectivity index (χ0n) is 14.1. The molecule has 0 saturated carbocycles. The Balaban J connectivity index is 2.14. The number of carbonyl (C=O) groups is 1. The zero-order chi connectivity index (χ0) is 16.3. The van der Waals surface area contributed by atoms with Gasteiger partial charge in [0.1, 0.15) is 0 Å². The Bertz CT molecular complexity index is 698. The summed E-state index contributed by atoms with van der Waals surface area (Å²) >= 11 is 0. The Morgan fingerprint density at radius 2 is 1.55 bits per heavy atom. The molecule has 0 saturated heterocycles. The lowest BCUT2D eigenvalue weighted by Gasteiger charge is -2.18. The van der Waals surface area contributed by atoms with Gasteiger partial charge >= 0.3 is 0 Å². The Labute approximate surface area is 133 Å². The van der Waals surface area contributed by atoms with Crippen LogP contribution in [0, 0.1) is 13.8 Å². The monoisotopic (exact) mass is 292 g/mol. The molecule has 0 aliphatic heterocycles. The molecule has 1 heteroatoms. The van der Waals surface area contributed by atoms with E-state index in [1.54, 1.807) is 6.08 Å². The first-order chi connectivity index (χ1) is 10.3. The van der Waals surface area contributed by atoms with Gasteiger partial charge in [0.05, 0.1) is 0 Å². The van der Waals surface area contributed by atoms with Crippen molar-refractivity contribution >= 4 is 11.9 Å². The van der Waals surface area contributed by atoms with Gasteiger partial charge in [-0.2, -0.15) is 0 Å². The van der Waals surface area contributed by atoms with Gasteiger partial charge in [0.25, 0.3) is 0 Å². The van der Waals surface area contributed by atoms with Crippen LogP contribution in [0.1, 0.15) is 53.4 Å². The molecule has 0 fully saturated rings. The fraction of sp³-hybridized carbons (Fsp3) is 0.286. The number of hydrogen-bond donors (Lipinski definition) is 0. The maximum absolute atomic E-state index is 12.2. The minimum Gasteiger partial charge on any atom is -0.289 e. The van der Waals surface area contributed by atoms with Crippen molar-refractivity contribution in [2.24, 2.45) is 0 Å². The SMILES string of the molecule is Cc1ccc(C(=O)C=Cc2ccc(C(C)(C)C)cc2)cc1C. The minimum absolute atomic E-state index is 0.0444. The molecule has 0 aromatic heterocycles. The second-order valence-corrected chi connectivity index (χ2v) is 6.87. The van der Waals surface area contributed by atoms with Gasteiger partial charge in [-0.05, 0) is 53.7 Å². The smallest absolute Gasteiger partial charge is 0.185 e. The van der Waals surface area contributed by atoms with E-state index < -0.39 is 0 Å². The van der Waals surface area contributed by atoms with Crippen LogP contribution in [0.2, 0.25) is 0 Å². The highest BCUT2D eigenvalue weighted by Crippen LogP contribution is 2.22. The van der Waals surface area contributed by atoms with Crippen LogP contribution in [0.5, 0.6) is 0 Å². The van der Waals surface area contributed by atoms with Crippen molar-refractivity contribution in [1.29, 1.82) is 0 Å². The summed E-state index contributed by atoms with van der Waals surface area (Å²) in [4.78, 5) is 12.2. The molecule has 1 nitrogen and oxygen atoms in total. The van der Waals surface area contributed by atoms with Crippen molar-refractivity contribution in [3.8, 4) is 0 Å². The van der Waals surface area contributed by atoms with Crippen LogP contribution in [0.4, 0.5) is 0 Å². The third-order valence-electron chi connectivity index (χ3n) is 4.00. The first-order valence-corrected chi connectivity index (χ1v) is 7.67. The van der Waals surface area contributed by atoms with Crippen molar-refractivity contribution in [2.75, 3.05) is 0 Å². The summed E-state index contributed by atoms with van der Waals surface area (Å²) in [5.41, 5.74) is 5.59. The van der Waals surface area contributed by atoms with E-state index in [1.807, 2.05) is 31.2 Å². The van der Waals surface area contributed by atoms with Crippen LogP contribution in [0.25, 0.3) is 6.08 Å². The normalized spacial score (nSPS) is 11.9. The lowest BCUT2D eigenvalue weighted by molar-refractivity contribution is 0.104. The first-order valence-electron chi connectivity index (χ1n) is 7.67. The summed E-state index contributed by atoms with van der Waals surface area (Å²) in [7, 11) is 0. The average Bonchev–Trinajstić information content (AvgIpc) is 2.47. The molecule has 2 rings (SSSR count).